The van der Waals surface area contributed by atoms with Crippen molar-refractivity contribution in [3.05, 3.63) is 52.5 Å². The first kappa shape index (κ1) is 21.9. The molecule has 1 unspecified atom stereocenters. The van der Waals surface area contributed by atoms with E-state index in [1.165, 1.54) is 0 Å². The molecule has 2 rings (SSSR count). The van der Waals surface area contributed by atoms with Crippen LogP contribution in [0.5, 0.6) is 5.75 Å². The molecule has 146 valence electrons. The lowest BCUT2D eigenvalue weighted by atomic mass is 10.2. The molecule has 0 heterocycles. The summed E-state index contributed by atoms with van der Waals surface area (Å²) < 4.78 is 6.07. The molecule has 0 saturated heterocycles. The lowest BCUT2D eigenvalue weighted by molar-refractivity contribution is -0.139. The predicted octanol–water partition coefficient (Wildman–Crippen LogP) is 5.71. The number of ether oxygens (including phenoxy) is 1. The fourth-order valence-corrected chi connectivity index (χ4v) is 3.97. The lowest BCUT2D eigenvalue weighted by Crippen LogP contribution is -2.42. The number of hydrogen-bond acceptors (Lipinski definition) is 4. The van der Waals surface area contributed by atoms with E-state index in [1.54, 1.807) is 17.8 Å². The monoisotopic (exact) mass is 427 g/mol. The molecule has 2 aromatic rings. The molecule has 0 fully saturated rings. The number of hydrogen-bond donors (Lipinski definition) is 1. The number of rotatable bonds is 10. The van der Waals surface area contributed by atoms with Gasteiger partial charge in [-0.15, -0.1) is 0 Å². The van der Waals surface area contributed by atoms with Gasteiger partial charge in [0.1, 0.15) is 12.4 Å². The lowest BCUT2D eigenvalue weighted by Gasteiger charge is -2.28. The van der Waals surface area contributed by atoms with E-state index >= 15 is 0 Å². The molecule has 0 spiro atoms. The Labute approximate surface area is 174 Å². The molecule has 0 aliphatic rings. The maximum Gasteiger partial charge on any atom is 0.317 e. The van der Waals surface area contributed by atoms with Crippen LogP contribution in [0, 0.1) is 0 Å². The molecule has 2 aromatic carbocycles. The maximum atomic E-state index is 11.1. The van der Waals surface area contributed by atoms with Crippen molar-refractivity contribution >= 4 is 40.9 Å². The van der Waals surface area contributed by atoms with Crippen LogP contribution < -0.4 is 4.74 Å². The van der Waals surface area contributed by atoms with E-state index in [-0.39, 0.29) is 12.6 Å². The first-order chi connectivity index (χ1) is 12.9. The molecule has 0 aliphatic carbocycles. The first-order valence-corrected chi connectivity index (χ1v) is 10.3. The number of benzene rings is 2. The van der Waals surface area contributed by atoms with Crippen molar-refractivity contribution in [1.82, 2.24) is 4.90 Å². The summed E-state index contributed by atoms with van der Waals surface area (Å²) in [6, 6.07) is 13.3. The summed E-state index contributed by atoms with van der Waals surface area (Å²) in [7, 11) is 0. The number of carboxylic acids is 1. The highest BCUT2D eigenvalue weighted by molar-refractivity contribution is 7.99. The Bertz CT molecular complexity index is 773. The number of para-hydroxylation sites is 1. The quantitative estimate of drug-likeness (QED) is 0.526. The summed E-state index contributed by atoms with van der Waals surface area (Å²) >= 11 is 13.6. The number of nitrogens with zero attached hydrogens (tertiary/aromatic N) is 1. The summed E-state index contributed by atoms with van der Waals surface area (Å²) in [5, 5.41) is 10.1. The summed E-state index contributed by atoms with van der Waals surface area (Å²) in [4.78, 5) is 14.9. The fourth-order valence-electron chi connectivity index (χ4n) is 2.66. The van der Waals surface area contributed by atoms with Crippen molar-refractivity contribution in [2.24, 2.45) is 0 Å². The predicted molar refractivity (Wildman–Crippen MR) is 111 cm³/mol. The van der Waals surface area contributed by atoms with Gasteiger partial charge in [-0.1, -0.05) is 60.9 Å². The Morgan fingerprint density at radius 2 is 1.93 bits per heavy atom. The molecular formula is C20H23Cl2NO3S. The van der Waals surface area contributed by atoms with E-state index < -0.39 is 5.97 Å². The van der Waals surface area contributed by atoms with Crippen LogP contribution in [0.3, 0.4) is 0 Å². The van der Waals surface area contributed by atoms with Gasteiger partial charge in [-0.2, -0.15) is 0 Å². The topological polar surface area (TPSA) is 49.8 Å². The third kappa shape index (κ3) is 6.61. The minimum atomic E-state index is -0.828. The van der Waals surface area contributed by atoms with Crippen LogP contribution in [0.25, 0.3) is 0 Å². The summed E-state index contributed by atoms with van der Waals surface area (Å²) in [6.07, 6.45) is 0.809. The molecule has 27 heavy (non-hydrogen) atoms. The Balaban J connectivity index is 2.10. The second-order valence-electron chi connectivity index (χ2n) is 5.95. The maximum absolute atomic E-state index is 11.1. The second-order valence-corrected chi connectivity index (χ2v) is 7.88. The summed E-state index contributed by atoms with van der Waals surface area (Å²) in [5.74, 6) is -0.0655. The van der Waals surface area contributed by atoms with E-state index in [9.17, 15) is 4.79 Å². The molecule has 0 bridgehead atoms. The minimum Gasteiger partial charge on any atom is -0.491 e. The molecule has 1 atom stereocenters. The van der Waals surface area contributed by atoms with Crippen molar-refractivity contribution in [1.29, 1.82) is 0 Å². The zero-order chi connectivity index (χ0) is 19.8. The second kappa shape index (κ2) is 10.8. The molecule has 0 radical (unpaired) electrons. The summed E-state index contributed by atoms with van der Waals surface area (Å²) in [6.45, 7) is 5.09. The molecule has 0 saturated carbocycles. The highest BCUT2D eigenvalue weighted by Gasteiger charge is 2.19. The number of halogens is 2. The number of aliphatic carboxylic acids is 1. The van der Waals surface area contributed by atoms with E-state index in [2.05, 4.69) is 0 Å². The molecule has 1 N–H and O–H groups in total. The molecule has 4 nitrogen and oxygen atoms in total. The van der Waals surface area contributed by atoms with Crippen LogP contribution in [-0.2, 0) is 4.79 Å². The van der Waals surface area contributed by atoms with Crippen molar-refractivity contribution < 1.29 is 14.6 Å². The van der Waals surface area contributed by atoms with Crippen LogP contribution in [0.2, 0.25) is 10.0 Å². The number of carbonyl (C=O) groups is 1. The third-order valence-corrected chi connectivity index (χ3v) is 5.92. The van der Waals surface area contributed by atoms with Crippen LogP contribution in [0.15, 0.2) is 52.3 Å². The van der Waals surface area contributed by atoms with E-state index in [1.807, 2.05) is 55.1 Å². The molecule has 0 amide bonds. The highest BCUT2D eigenvalue weighted by atomic mass is 35.5. The summed E-state index contributed by atoms with van der Waals surface area (Å²) in [5.41, 5.74) is 0. The van der Waals surface area contributed by atoms with Gasteiger partial charge >= 0.3 is 5.97 Å². The van der Waals surface area contributed by atoms with Crippen LogP contribution in [-0.4, -0.2) is 41.7 Å². The first-order valence-electron chi connectivity index (χ1n) is 8.75. The van der Waals surface area contributed by atoms with Gasteiger partial charge in [-0.25, -0.2) is 0 Å². The average molecular weight is 428 g/mol. The van der Waals surface area contributed by atoms with Crippen LogP contribution in [0.1, 0.15) is 20.3 Å². The smallest absolute Gasteiger partial charge is 0.317 e. The van der Waals surface area contributed by atoms with Crippen LogP contribution >= 0.6 is 35.0 Å². The fraction of sp³-hybridized carbons (Fsp3) is 0.350. The van der Waals surface area contributed by atoms with E-state index in [0.29, 0.717) is 23.2 Å². The van der Waals surface area contributed by atoms with E-state index in [4.69, 9.17) is 33.0 Å². The Morgan fingerprint density at radius 1 is 1.19 bits per heavy atom. The molecule has 7 heteroatoms. The van der Waals surface area contributed by atoms with Gasteiger partial charge in [0.15, 0.2) is 0 Å². The zero-order valence-electron chi connectivity index (χ0n) is 15.3. The van der Waals surface area contributed by atoms with Crippen molar-refractivity contribution in [2.75, 3.05) is 19.7 Å². The molecule has 0 aromatic heterocycles. The number of carboxylic acid groups (broad SMARTS) is 1. The molecule has 0 aliphatic heterocycles. The zero-order valence-corrected chi connectivity index (χ0v) is 17.7. The Kier molecular flexibility index (Phi) is 8.77. The van der Waals surface area contributed by atoms with Gasteiger partial charge in [0, 0.05) is 10.9 Å². The standard InChI is InChI=1S/C20H23Cl2NO3S/c1-3-14(23(4-2)12-20(24)25)13-26-18-7-5-6-8-19(18)27-15-9-10-16(21)17(22)11-15/h5-11,14H,3-4,12-13H2,1-2H3,(H,24,25). The van der Waals surface area contributed by atoms with Gasteiger partial charge < -0.3 is 9.84 Å². The van der Waals surface area contributed by atoms with E-state index in [0.717, 1.165) is 22.0 Å². The SMILES string of the molecule is CCC(COc1ccccc1Sc1ccc(Cl)c(Cl)c1)N(CC)CC(=O)O. The van der Waals surface area contributed by atoms with Crippen molar-refractivity contribution in [3.63, 3.8) is 0 Å². The van der Waals surface area contributed by atoms with Gasteiger partial charge in [0.05, 0.1) is 21.5 Å². The third-order valence-electron chi connectivity index (χ3n) is 4.13. The average Bonchev–Trinajstić information content (AvgIpc) is 2.65. The normalized spacial score (nSPS) is 12.2. The molecular weight excluding hydrogens is 405 g/mol. The van der Waals surface area contributed by atoms with Gasteiger partial charge in [0.2, 0.25) is 0 Å². The number of likely N-dealkylation sites (N-methyl/N-ethyl adjacent to an activating group) is 1. The highest BCUT2D eigenvalue weighted by Crippen LogP contribution is 2.37. The largest absolute Gasteiger partial charge is 0.491 e. The van der Waals surface area contributed by atoms with Crippen LogP contribution in [0.4, 0.5) is 0 Å². The van der Waals surface area contributed by atoms with Gasteiger partial charge in [-0.3, -0.25) is 9.69 Å². The van der Waals surface area contributed by atoms with Gasteiger partial charge in [0.25, 0.3) is 0 Å². The van der Waals surface area contributed by atoms with Crippen molar-refractivity contribution in [2.45, 2.75) is 36.1 Å². The Hall–Kier alpha value is -1.40. The Morgan fingerprint density at radius 3 is 2.56 bits per heavy atom. The minimum absolute atomic E-state index is 0.0119. The van der Waals surface area contributed by atoms with Crippen molar-refractivity contribution in [3.8, 4) is 5.75 Å². The van der Waals surface area contributed by atoms with Gasteiger partial charge in [-0.05, 0) is 43.3 Å².